The minimum Gasteiger partial charge on any atom is -0.349 e. The molecule has 126 valence electrons. The summed E-state index contributed by atoms with van der Waals surface area (Å²) in [7, 11) is -3.50. The Balaban J connectivity index is 1.77. The van der Waals surface area contributed by atoms with E-state index in [2.05, 4.69) is 5.32 Å². The maximum absolute atomic E-state index is 12.7. The summed E-state index contributed by atoms with van der Waals surface area (Å²) >= 11 is 0. The van der Waals surface area contributed by atoms with Gasteiger partial charge in [0, 0.05) is 24.7 Å². The number of nitrogens with zero attached hydrogens (tertiary/aromatic N) is 1. The molecule has 0 aromatic heterocycles. The summed E-state index contributed by atoms with van der Waals surface area (Å²) in [6, 6.07) is 6.53. The summed E-state index contributed by atoms with van der Waals surface area (Å²) in [6.45, 7) is 3.14. The van der Waals surface area contributed by atoms with Crippen LogP contribution >= 0.6 is 0 Å². The van der Waals surface area contributed by atoms with Gasteiger partial charge in [0.15, 0.2) is 0 Å². The Bertz CT molecular complexity index is 677. The van der Waals surface area contributed by atoms with Gasteiger partial charge in [0.25, 0.3) is 5.91 Å². The first-order valence-electron chi connectivity index (χ1n) is 8.39. The molecule has 3 rings (SSSR count). The molecule has 1 amide bonds. The van der Waals surface area contributed by atoms with Crippen molar-refractivity contribution in [2.75, 3.05) is 13.1 Å². The van der Waals surface area contributed by atoms with Crippen molar-refractivity contribution in [3.05, 3.63) is 29.8 Å². The van der Waals surface area contributed by atoms with Crippen molar-refractivity contribution in [3.8, 4) is 0 Å². The number of carbonyl (C=O) groups excluding carboxylic acids is 1. The monoisotopic (exact) mass is 336 g/mol. The first-order valence-corrected chi connectivity index (χ1v) is 9.83. The molecule has 6 heteroatoms. The summed E-state index contributed by atoms with van der Waals surface area (Å²) < 4.78 is 26.9. The minimum atomic E-state index is -3.50. The van der Waals surface area contributed by atoms with Crippen LogP contribution < -0.4 is 5.32 Å². The quantitative estimate of drug-likeness (QED) is 0.898. The molecule has 2 fully saturated rings. The van der Waals surface area contributed by atoms with Gasteiger partial charge in [-0.2, -0.15) is 4.31 Å². The molecule has 5 nitrogen and oxygen atoms in total. The topological polar surface area (TPSA) is 66.5 Å². The Hall–Kier alpha value is -1.40. The van der Waals surface area contributed by atoms with Crippen LogP contribution in [0.2, 0.25) is 0 Å². The SMILES string of the molecule is CC(NC(=O)c1cccc(S(=O)(=O)N2CCCCC2)c1)C1CC1. The number of amides is 1. The lowest BCUT2D eigenvalue weighted by molar-refractivity contribution is 0.0935. The van der Waals surface area contributed by atoms with Crippen molar-refractivity contribution in [2.24, 2.45) is 5.92 Å². The zero-order valence-corrected chi connectivity index (χ0v) is 14.3. The minimum absolute atomic E-state index is 0.143. The second-order valence-corrected chi connectivity index (χ2v) is 8.53. The summed E-state index contributed by atoms with van der Waals surface area (Å²) in [4.78, 5) is 12.5. The Morgan fingerprint density at radius 2 is 1.91 bits per heavy atom. The average molecular weight is 336 g/mol. The predicted molar refractivity (Wildman–Crippen MR) is 88.7 cm³/mol. The summed E-state index contributed by atoms with van der Waals surface area (Å²) in [5.41, 5.74) is 0.413. The molecule has 1 aromatic carbocycles. The van der Waals surface area contributed by atoms with E-state index in [0.717, 1.165) is 32.1 Å². The van der Waals surface area contributed by atoms with Gasteiger partial charge in [0.05, 0.1) is 4.90 Å². The van der Waals surface area contributed by atoms with Crippen LogP contribution in [-0.4, -0.2) is 37.8 Å². The molecular weight excluding hydrogens is 312 g/mol. The predicted octanol–water partition coefficient (Wildman–Crippen LogP) is 2.39. The summed E-state index contributed by atoms with van der Waals surface area (Å²) in [5, 5.41) is 2.97. The Morgan fingerprint density at radius 3 is 2.57 bits per heavy atom. The van der Waals surface area contributed by atoms with Crippen molar-refractivity contribution in [1.29, 1.82) is 0 Å². The maximum Gasteiger partial charge on any atom is 0.251 e. The summed E-state index contributed by atoms with van der Waals surface area (Å²) in [6.07, 6.45) is 5.19. The summed E-state index contributed by atoms with van der Waals surface area (Å²) in [5.74, 6) is 0.374. The third kappa shape index (κ3) is 3.75. The van der Waals surface area contributed by atoms with Gasteiger partial charge < -0.3 is 5.32 Å². The van der Waals surface area contributed by atoms with E-state index in [0.29, 0.717) is 24.6 Å². The number of piperidine rings is 1. The Morgan fingerprint density at radius 1 is 1.22 bits per heavy atom. The molecule has 1 saturated heterocycles. The second kappa shape index (κ2) is 6.61. The van der Waals surface area contributed by atoms with Crippen LogP contribution in [0, 0.1) is 5.92 Å². The zero-order chi connectivity index (χ0) is 16.4. The van der Waals surface area contributed by atoms with Crippen molar-refractivity contribution in [2.45, 2.75) is 50.0 Å². The van der Waals surface area contributed by atoms with Crippen molar-refractivity contribution < 1.29 is 13.2 Å². The van der Waals surface area contributed by atoms with E-state index in [1.165, 1.54) is 10.4 Å². The van der Waals surface area contributed by atoms with E-state index < -0.39 is 10.0 Å². The molecule has 0 radical (unpaired) electrons. The first-order chi connectivity index (χ1) is 11.0. The molecule has 0 spiro atoms. The lowest BCUT2D eigenvalue weighted by atomic mass is 10.1. The molecule has 1 aliphatic heterocycles. The molecule has 1 aromatic rings. The third-order valence-corrected chi connectivity index (χ3v) is 6.63. The van der Waals surface area contributed by atoms with E-state index in [9.17, 15) is 13.2 Å². The third-order valence-electron chi connectivity index (χ3n) is 4.74. The highest BCUT2D eigenvalue weighted by Crippen LogP contribution is 2.32. The van der Waals surface area contributed by atoms with E-state index in [4.69, 9.17) is 0 Å². The van der Waals surface area contributed by atoms with Gasteiger partial charge in [-0.25, -0.2) is 8.42 Å². The lowest BCUT2D eigenvalue weighted by Gasteiger charge is -2.26. The average Bonchev–Trinajstić information content (AvgIpc) is 3.41. The molecule has 1 heterocycles. The van der Waals surface area contributed by atoms with E-state index in [-0.39, 0.29) is 16.8 Å². The van der Waals surface area contributed by atoms with Crippen molar-refractivity contribution >= 4 is 15.9 Å². The fourth-order valence-electron chi connectivity index (χ4n) is 3.06. The van der Waals surface area contributed by atoms with Gasteiger partial charge in [-0.1, -0.05) is 12.5 Å². The number of benzene rings is 1. The van der Waals surface area contributed by atoms with Crippen LogP contribution in [0.25, 0.3) is 0 Å². The number of sulfonamides is 1. The standard InChI is InChI=1S/C17H24N2O3S/c1-13(14-8-9-14)18-17(20)15-6-5-7-16(12-15)23(21,22)19-10-3-2-4-11-19/h5-7,12-14H,2-4,8-11H2,1H3,(H,18,20). The van der Waals surface area contributed by atoms with Crippen molar-refractivity contribution in [3.63, 3.8) is 0 Å². The van der Waals surface area contributed by atoms with Crippen LogP contribution in [0.1, 0.15) is 49.4 Å². The largest absolute Gasteiger partial charge is 0.349 e. The number of nitrogens with one attached hydrogen (secondary N) is 1. The fourth-order valence-corrected chi connectivity index (χ4v) is 4.62. The zero-order valence-electron chi connectivity index (χ0n) is 13.5. The lowest BCUT2D eigenvalue weighted by Crippen LogP contribution is -2.36. The van der Waals surface area contributed by atoms with Crippen LogP contribution in [0.5, 0.6) is 0 Å². The van der Waals surface area contributed by atoms with Gasteiger partial charge in [-0.05, 0) is 56.7 Å². The Kier molecular flexibility index (Phi) is 4.73. The normalized spacial score (nSPS) is 20.9. The van der Waals surface area contributed by atoms with Crippen LogP contribution in [-0.2, 0) is 10.0 Å². The van der Waals surface area contributed by atoms with E-state index in [1.807, 2.05) is 6.92 Å². The molecule has 0 bridgehead atoms. The van der Waals surface area contributed by atoms with Gasteiger partial charge in [0.1, 0.15) is 0 Å². The van der Waals surface area contributed by atoms with E-state index in [1.54, 1.807) is 18.2 Å². The molecule has 1 aliphatic carbocycles. The fraction of sp³-hybridized carbons (Fsp3) is 0.588. The van der Waals surface area contributed by atoms with Crippen LogP contribution in [0.3, 0.4) is 0 Å². The molecule has 2 aliphatic rings. The van der Waals surface area contributed by atoms with Gasteiger partial charge >= 0.3 is 0 Å². The highest BCUT2D eigenvalue weighted by Gasteiger charge is 2.30. The molecule has 1 atom stereocenters. The van der Waals surface area contributed by atoms with Gasteiger partial charge in [-0.15, -0.1) is 0 Å². The van der Waals surface area contributed by atoms with Crippen LogP contribution in [0.4, 0.5) is 0 Å². The number of hydrogen-bond donors (Lipinski definition) is 1. The smallest absolute Gasteiger partial charge is 0.251 e. The number of rotatable bonds is 5. The number of carbonyl (C=O) groups is 1. The first kappa shape index (κ1) is 16.5. The van der Waals surface area contributed by atoms with Crippen molar-refractivity contribution in [1.82, 2.24) is 9.62 Å². The van der Waals surface area contributed by atoms with E-state index >= 15 is 0 Å². The maximum atomic E-state index is 12.7. The Labute approximate surface area is 138 Å². The van der Waals surface area contributed by atoms with Gasteiger partial charge in [-0.3, -0.25) is 4.79 Å². The molecule has 1 unspecified atom stereocenters. The highest BCUT2D eigenvalue weighted by atomic mass is 32.2. The number of hydrogen-bond acceptors (Lipinski definition) is 3. The highest BCUT2D eigenvalue weighted by molar-refractivity contribution is 7.89. The van der Waals surface area contributed by atoms with Crippen LogP contribution in [0.15, 0.2) is 29.2 Å². The molecule has 1 saturated carbocycles. The molecular formula is C17H24N2O3S. The molecule has 23 heavy (non-hydrogen) atoms. The molecule has 1 N–H and O–H groups in total. The second-order valence-electron chi connectivity index (χ2n) is 6.59. The van der Waals surface area contributed by atoms with Gasteiger partial charge in [0.2, 0.25) is 10.0 Å².